The van der Waals surface area contributed by atoms with Gasteiger partial charge in [-0.1, -0.05) is 24.6 Å². The van der Waals surface area contributed by atoms with Crippen molar-refractivity contribution in [1.29, 1.82) is 0 Å². The molecule has 1 fully saturated rings. The van der Waals surface area contributed by atoms with Gasteiger partial charge in [0.25, 0.3) is 0 Å². The van der Waals surface area contributed by atoms with Crippen LogP contribution in [0.2, 0.25) is 0 Å². The van der Waals surface area contributed by atoms with Crippen molar-refractivity contribution in [3.05, 3.63) is 5.82 Å². The van der Waals surface area contributed by atoms with Gasteiger partial charge in [0.05, 0.1) is 5.75 Å². The summed E-state index contributed by atoms with van der Waals surface area (Å²) in [7, 11) is 2.11. The Morgan fingerprint density at radius 2 is 2.14 bits per heavy atom. The third-order valence-electron chi connectivity index (χ3n) is 3.88. The molecule has 118 valence electrons. The number of hydrogen-bond donors (Lipinski definition) is 2. The molecule has 1 aromatic heterocycles. The Hall–Kier alpha value is -1.12. The molecule has 8 heteroatoms. The molecule has 0 radical (unpaired) electrons. The Bertz CT molecular complexity index is 474. The van der Waals surface area contributed by atoms with E-state index < -0.39 is 5.97 Å². The highest BCUT2D eigenvalue weighted by Crippen LogP contribution is 2.23. The highest BCUT2D eigenvalue weighted by atomic mass is 32.2. The lowest BCUT2D eigenvalue weighted by atomic mass is 10.2. The van der Waals surface area contributed by atoms with Crippen LogP contribution in [0.4, 0.5) is 0 Å². The van der Waals surface area contributed by atoms with E-state index in [0.717, 1.165) is 18.3 Å². The monoisotopic (exact) mass is 314 g/mol. The van der Waals surface area contributed by atoms with Crippen molar-refractivity contribution >= 4 is 17.7 Å². The second-order valence-corrected chi connectivity index (χ2v) is 6.25. The van der Waals surface area contributed by atoms with Crippen molar-refractivity contribution in [3.8, 4) is 0 Å². The Balaban J connectivity index is 1.96. The zero-order valence-corrected chi connectivity index (χ0v) is 13.1. The first-order chi connectivity index (χ1) is 10.1. The number of carbonyl (C=O) groups is 1. The van der Waals surface area contributed by atoms with Gasteiger partial charge in [0, 0.05) is 19.1 Å². The highest BCUT2D eigenvalue weighted by molar-refractivity contribution is 7.99. The number of aromatic nitrogens is 3. The number of thioether (sulfide) groups is 1. The molecule has 2 N–H and O–H groups in total. The lowest BCUT2D eigenvalue weighted by Crippen LogP contribution is -2.32. The summed E-state index contributed by atoms with van der Waals surface area (Å²) in [6.07, 6.45) is 5.07. The molecule has 1 saturated carbocycles. The minimum atomic E-state index is -0.886. The zero-order chi connectivity index (χ0) is 15.2. The number of carboxylic acid groups (broad SMARTS) is 1. The number of aliphatic carboxylic acids is 1. The summed E-state index contributed by atoms with van der Waals surface area (Å²) in [4.78, 5) is 13.0. The molecule has 2 rings (SSSR count). The van der Waals surface area contributed by atoms with E-state index in [1.54, 1.807) is 0 Å². The Kier molecular flexibility index (Phi) is 6.01. The fraction of sp³-hybridized carbons (Fsp3) is 0.769. The van der Waals surface area contributed by atoms with Gasteiger partial charge in [-0.3, -0.25) is 4.79 Å². The zero-order valence-electron chi connectivity index (χ0n) is 12.2. The van der Waals surface area contributed by atoms with Gasteiger partial charge in [-0.05, 0) is 19.9 Å². The van der Waals surface area contributed by atoms with Gasteiger partial charge in [-0.25, -0.2) is 0 Å². The maximum atomic E-state index is 10.7. The summed E-state index contributed by atoms with van der Waals surface area (Å²) in [6.45, 7) is 1.32. The summed E-state index contributed by atoms with van der Waals surface area (Å²) in [5.41, 5.74) is 0. The molecule has 0 aromatic carbocycles. The fourth-order valence-electron chi connectivity index (χ4n) is 2.68. The topological polar surface area (TPSA) is 91.5 Å². The van der Waals surface area contributed by atoms with Crippen LogP contribution >= 0.6 is 11.8 Å². The molecule has 7 nitrogen and oxygen atoms in total. The van der Waals surface area contributed by atoms with E-state index in [4.69, 9.17) is 5.11 Å². The van der Waals surface area contributed by atoms with Crippen molar-refractivity contribution in [3.63, 3.8) is 0 Å². The van der Waals surface area contributed by atoms with E-state index in [1.807, 2.05) is 4.57 Å². The second-order valence-electron chi connectivity index (χ2n) is 5.31. The van der Waals surface area contributed by atoms with E-state index in [-0.39, 0.29) is 12.4 Å². The lowest BCUT2D eigenvalue weighted by molar-refractivity contribution is -0.133. The molecule has 0 bridgehead atoms. The van der Waals surface area contributed by atoms with Gasteiger partial charge in [-0.2, -0.15) is 0 Å². The molecule has 0 saturated heterocycles. The fourth-order valence-corrected chi connectivity index (χ4v) is 3.38. The standard InChI is InChI=1S/C13H22N4O3S/c1-16(10-4-2-3-5-10)6-7-17-11(8-18)14-15-13(17)21-9-12(19)20/h10,18H,2-9H2,1H3,(H,19,20). The van der Waals surface area contributed by atoms with Crippen molar-refractivity contribution in [2.75, 3.05) is 19.3 Å². The van der Waals surface area contributed by atoms with Crippen molar-refractivity contribution in [2.24, 2.45) is 0 Å². The molecular weight excluding hydrogens is 292 g/mol. The number of aliphatic hydroxyl groups excluding tert-OH is 1. The Labute approximate surface area is 128 Å². The summed E-state index contributed by atoms with van der Waals surface area (Å²) in [6, 6.07) is 0.633. The number of carboxylic acids is 1. The van der Waals surface area contributed by atoms with E-state index in [1.165, 1.54) is 25.7 Å². The molecule has 0 spiro atoms. The van der Waals surface area contributed by atoms with Gasteiger partial charge in [0.15, 0.2) is 11.0 Å². The van der Waals surface area contributed by atoms with Crippen LogP contribution in [0.15, 0.2) is 5.16 Å². The molecule has 0 unspecified atom stereocenters. The Morgan fingerprint density at radius 1 is 1.43 bits per heavy atom. The minimum Gasteiger partial charge on any atom is -0.481 e. The first-order valence-corrected chi connectivity index (χ1v) is 8.18. The number of hydrogen-bond acceptors (Lipinski definition) is 6. The van der Waals surface area contributed by atoms with E-state index in [2.05, 4.69) is 22.1 Å². The summed E-state index contributed by atoms with van der Waals surface area (Å²) in [5.74, 6) is -0.451. The average molecular weight is 314 g/mol. The highest BCUT2D eigenvalue weighted by Gasteiger charge is 2.20. The number of likely N-dealkylation sites (N-methyl/N-ethyl adjacent to an activating group) is 1. The lowest BCUT2D eigenvalue weighted by Gasteiger charge is -2.24. The molecule has 21 heavy (non-hydrogen) atoms. The van der Waals surface area contributed by atoms with Crippen LogP contribution < -0.4 is 0 Å². The third kappa shape index (κ3) is 4.42. The smallest absolute Gasteiger partial charge is 0.313 e. The van der Waals surface area contributed by atoms with Crippen LogP contribution in [0.1, 0.15) is 31.5 Å². The molecular formula is C13H22N4O3S. The van der Waals surface area contributed by atoms with Gasteiger partial charge in [-0.15, -0.1) is 10.2 Å². The maximum Gasteiger partial charge on any atom is 0.313 e. The van der Waals surface area contributed by atoms with Crippen molar-refractivity contribution < 1.29 is 15.0 Å². The average Bonchev–Trinajstić information content (AvgIpc) is 3.11. The largest absolute Gasteiger partial charge is 0.481 e. The van der Waals surface area contributed by atoms with Crippen molar-refractivity contribution in [2.45, 2.75) is 50.0 Å². The van der Waals surface area contributed by atoms with Crippen molar-refractivity contribution in [1.82, 2.24) is 19.7 Å². The predicted octanol–water partition coefficient (Wildman–Crippen LogP) is 0.821. The molecule has 0 aliphatic heterocycles. The normalized spacial score (nSPS) is 16.0. The van der Waals surface area contributed by atoms with Gasteiger partial charge in [0.2, 0.25) is 0 Å². The van der Waals surface area contributed by atoms with Crippen LogP contribution in [-0.2, 0) is 17.9 Å². The van der Waals surface area contributed by atoms with Crippen LogP contribution in [0.25, 0.3) is 0 Å². The number of rotatable bonds is 8. The second kappa shape index (κ2) is 7.77. The minimum absolute atomic E-state index is 0.0535. The molecule has 0 amide bonds. The summed E-state index contributed by atoms with van der Waals surface area (Å²) >= 11 is 1.14. The van der Waals surface area contributed by atoms with Gasteiger partial charge < -0.3 is 19.7 Å². The third-order valence-corrected chi connectivity index (χ3v) is 4.84. The first kappa shape index (κ1) is 16.3. The molecule has 1 heterocycles. The van der Waals surface area contributed by atoms with E-state index in [0.29, 0.717) is 23.6 Å². The molecule has 1 aliphatic carbocycles. The van der Waals surface area contributed by atoms with Gasteiger partial charge >= 0.3 is 5.97 Å². The SMILES string of the molecule is CN(CCn1c(CO)nnc1SCC(=O)O)C1CCCC1. The van der Waals surface area contributed by atoms with Crippen LogP contribution in [-0.4, -0.2) is 61.2 Å². The summed E-state index contributed by atoms with van der Waals surface area (Å²) in [5, 5.41) is 26.5. The Morgan fingerprint density at radius 3 is 2.76 bits per heavy atom. The maximum absolute atomic E-state index is 10.7. The van der Waals surface area contributed by atoms with E-state index >= 15 is 0 Å². The first-order valence-electron chi connectivity index (χ1n) is 7.19. The van der Waals surface area contributed by atoms with Crippen LogP contribution in [0.3, 0.4) is 0 Å². The van der Waals surface area contributed by atoms with Gasteiger partial charge in [0.1, 0.15) is 6.61 Å². The van der Waals surface area contributed by atoms with E-state index in [9.17, 15) is 9.90 Å². The van der Waals surface area contributed by atoms with Crippen LogP contribution in [0.5, 0.6) is 0 Å². The number of nitrogens with zero attached hydrogens (tertiary/aromatic N) is 4. The molecule has 1 aliphatic rings. The number of aliphatic hydroxyl groups is 1. The molecule has 0 atom stereocenters. The molecule has 1 aromatic rings. The quantitative estimate of drug-likeness (QED) is 0.686. The predicted molar refractivity (Wildman–Crippen MR) is 79.2 cm³/mol. The summed E-state index contributed by atoms with van der Waals surface area (Å²) < 4.78 is 1.82. The van der Waals surface area contributed by atoms with Crippen LogP contribution in [0, 0.1) is 0 Å².